The molecular formula is C16H22N2O2. The normalized spacial score (nSPS) is 30.1. The minimum atomic E-state index is -0.667. The van der Waals surface area contributed by atoms with Gasteiger partial charge >= 0.3 is 5.97 Å². The number of aliphatic carboxylic acids is 1. The summed E-state index contributed by atoms with van der Waals surface area (Å²) in [7, 11) is 0. The molecule has 2 fully saturated rings. The summed E-state index contributed by atoms with van der Waals surface area (Å²) in [4.78, 5) is 18.0. The number of pyridine rings is 1. The van der Waals surface area contributed by atoms with Gasteiger partial charge in [0.2, 0.25) is 0 Å². The second-order valence-electron chi connectivity index (χ2n) is 6.24. The molecule has 1 aromatic rings. The lowest BCUT2D eigenvalue weighted by atomic mass is 9.84. The molecular weight excluding hydrogens is 252 g/mol. The van der Waals surface area contributed by atoms with Gasteiger partial charge in [0.05, 0.1) is 0 Å². The van der Waals surface area contributed by atoms with Crippen molar-refractivity contribution in [1.82, 2.24) is 9.88 Å². The van der Waals surface area contributed by atoms with Gasteiger partial charge in [-0.2, -0.15) is 0 Å². The maximum Gasteiger partial charge on any atom is 0.320 e. The van der Waals surface area contributed by atoms with Crippen molar-refractivity contribution >= 4 is 5.97 Å². The van der Waals surface area contributed by atoms with Gasteiger partial charge in [-0.05, 0) is 43.2 Å². The Morgan fingerprint density at radius 3 is 2.95 bits per heavy atom. The highest BCUT2D eigenvalue weighted by Gasteiger charge is 2.44. The van der Waals surface area contributed by atoms with Gasteiger partial charge in [0.25, 0.3) is 0 Å². The standard InChI is InChI=1S/C16H22N2O2/c1-11-6-12(9-17-8-11)10-18-14-5-3-2-4-13(14)7-15(18)16(19)20/h6,8-9,13-15H,2-5,7,10H2,1H3,(H,19,20). The number of rotatable bonds is 3. The molecule has 1 N–H and O–H groups in total. The third-order valence-corrected chi connectivity index (χ3v) is 4.80. The van der Waals surface area contributed by atoms with Crippen LogP contribution in [0.4, 0.5) is 0 Å². The van der Waals surface area contributed by atoms with Crippen molar-refractivity contribution in [3.63, 3.8) is 0 Å². The first kappa shape index (κ1) is 13.6. The van der Waals surface area contributed by atoms with Crippen LogP contribution in [0.15, 0.2) is 18.5 Å². The van der Waals surface area contributed by atoms with Crippen LogP contribution in [-0.4, -0.2) is 33.0 Å². The van der Waals surface area contributed by atoms with E-state index >= 15 is 0 Å². The number of aryl methyl sites for hydroxylation is 1. The maximum atomic E-state index is 11.6. The molecule has 0 bridgehead atoms. The van der Waals surface area contributed by atoms with Gasteiger partial charge in [-0.1, -0.05) is 18.9 Å². The number of hydrogen-bond donors (Lipinski definition) is 1. The van der Waals surface area contributed by atoms with E-state index in [-0.39, 0.29) is 6.04 Å². The molecule has 1 saturated carbocycles. The Morgan fingerprint density at radius 1 is 1.40 bits per heavy atom. The maximum absolute atomic E-state index is 11.6. The number of carboxylic acids is 1. The molecule has 1 aromatic heterocycles. The lowest BCUT2D eigenvalue weighted by Crippen LogP contribution is -2.41. The van der Waals surface area contributed by atoms with Crippen molar-refractivity contribution in [2.45, 2.75) is 57.7 Å². The van der Waals surface area contributed by atoms with E-state index in [0.717, 1.165) is 24.0 Å². The minimum Gasteiger partial charge on any atom is -0.480 e. The first-order chi connectivity index (χ1) is 9.65. The average molecular weight is 274 g/mol. The van der Waals surface area contributed by atoms with Crippen molar-refractivity contribution in [3.05, 3.63) is 29.6 Å². The lowest BCUT2D eigenvalue weighted by molar-refractivity contribution is -0.142. The number of likely N-dealkylation sites (tertiary alicyclic amines) is 1. The van der Waals surface area contributed by atoms with Crippen LogP contribution in [0, 0.1) is 12.8 Å². The zero-order chi connectivity index (χ0) is 14.1. The van der Waals surface area contributed by atoms with Crippen LogP contribution in [0.5, 0.6) is 0 Å². The van der Waals surface area contributed by atoms with Gasteiger partial charge in [-0.3, -0.25) is 14.7 Å². The monoisotopic (exact) mass is 274 g/mol. The number of carbonyl (C=O) groups is 1. The second-order valence-corrected chi connectivity index (χ2v) is 6.24. The molecule has 1 saturated heterocycles. The van der Waals surface area contributed by atoms with E-state index in [9.17, 15) is 9.90 Å². The highest BCUT2D eigenvalue weighted by atomic mass is 16.4. The Hall–Kier alpha value is -1.42. The van der Waals surface area contributed by atoms with Gasteiger partial charge < -0.3 is 5.11 Å². The molecule has 0 spiro atoms. The van der Waals surface area contributed by atoms with Crippen molar-refractivity contribution < 1.29 is 9.90 Å². The van der Waals surface area contributed by atoms with Crippen LogP contribution in [0.25, 0.3) is 0 Å². The van der Waals surface area contributed by atoms with Gasteiger partial charge in [0, 0.05) is 25.0 Å². The van der Waals surface area contributed by atoms with E-state index in [1.807, 2.05) is 19.3 Å². The highest BCUT2D eigenvalue weighted by molar-refractivity contribution is 5.74. The molecule has 0 aromatic carbocycles. The van der Waals surface area contributed by atoms with E-state index in [2.05, 4.69) is 16.0 Å². The largest absolute Gasteiger partial charge is 0.480 e. The van der Waals surface area contributed by atoms with Crippen LogP contribution in [0.1, 0.15) is 43.2 Å². The Bertz CT molecular complexity index is 503. The smallest absolute Gasteiger partial charge is 0.320 e. The molecule has 3 atom stereocenters. The Kier molecular flexibility index (Phi) is 3.74. The summed E-state index contributed by atoms with van der Waals surface area (Å²) < 4.78 is 0. The number of aromatic nitrogens is 1. The molecule has 1 aliphatic carbocycles. The van der Waals surface area contributed by atoms with Crippen molar-refractivity contribution in [1.29, 1.82) is 0 Å². The van der Waals surface area contributed by atoms with Gasteiger partial charge in [-0.25, -0.2) is 0 Å². The number of hydrogen-bond acceptors (Lipinski definition) is 3. The first-order valence-electron chi connectivity index (χ1n) is 7.54. The van der Waals surface area contributed by atoms with E-state index in [0.29, 0.717) is 18.5 Å². The van der Waals surface area contributed by atoms with E-state index in [1.165, 1.54) is 19.3 Å². The minimum absolute atomic E-state index is 0.316. The van der Waals surface area contributed by atoms with Crippen LogP contribution in [0.3, 0.4) is 0 Å². The number of nitrogens with zero attached hydrogens (tertiary/aromatic N) is 2. The van der Waals surface area contributed by atoms with Crippen LogP contribution >= 0.6 is 0 Å². The van der Waals surface area contributed by atoms with Crippen LogP contribution < -0.4 is 0 Å². The predicted octanol–water partition coefficient (Wildman–Crippen LogP) is 2.61. The fourth-order valence-corrected chi connectivity index (χ4v) is 3.94. The topological polar surface area (TPSA) is 53.4 Å². The van der Waals surface area contributed by atoms with Gasteiger partial charge in [0.15, 0.2) is 0 Å². The predicted molar refractivity (Wildman–Crippen MR) is 76.3 cm³/mol. The first-order valence-corrected chi connectivity index (χ1v) is 7.54. The zero-order valence-corrected chi connectivity index (χ0v) is 12.0. The van der Waals surface area contributed by atoms with Gasteiger partial charge in [0.1, 0.15) is 6.04 Å². The number of carboxylic acid groups (broad SMARTS) is 1. The lowest BCUT2D eigenvalue weighted by Gasteiger charge is -2.33. The molecule has 2 heterocycles. The molecule has 3 rings (SSSR count). The van der Waals surface area contributed by atoms with Crippen molar-refractivity contribution in [2.24, 2.45) is 5.92 Å². The third kappa shape index (κ3) is 2.57. The average Bonchev–Trinajstić information content (AvgIpc) is 2.78. The van der Waals surface area contributed by atoms with Crippen LogP contribution in [-0.2, 0) is 11.3 Å². The SMILES string of the molecule is Cc1cncc(CN2C(C(=O)O)CC3CCCCC32)c1. The molecule has 108 valence electrons. The molecule has 4 heteroatoms. The molecule has 3 unspecified atom stereocenters. The Morgan fingerprint density at radius 2 is 2.20 bits per heavy atom. The van der Waals surface area contributed by atoms with E-state index < -0.39 is 5.97 Å². The Labute approximate surface area is 119 Å². The van der Waals surface area contributed by atoms with Crippen molar-refractivity contribution in [2.75, 3.05) is 0 Å². The summed E-state index contributed by atoms with van der Waals surface area (Å²) in [6.07, 6.45) is 9.35. The molecule has 20 heavy (non-hydrogen) atoms. The van der Waals surface area contributed by atoms with E-state index in [1.54, 1.807) is 0 Å². The quantitative estimate of drug-likeness (QED) is 0.920. The molecule has 0 amide bonds. The van der Waals surface area contributed by atoms with Gasteiger partial charge in [-0.15, -0.1) is 0 Å². The molecule has 4 nitrogen and oxygen atoms in total. The summed E-state index contributed by atoms with van der Waals surface area (Å²) in [6.45, 7) is 2.74. The molecule has 0 radical (unpaired) electrons. The highest BCUT2D eigenvalue weighted by Crippen LogP contribution is 2.40. The van der Waals surface area contributed by atoms with Crippen molar-refractivity contribution in [3.8, 4) is 0 Å². The fraction of sp³-hybridized carbons (Fsp3) is 0.625. The van der Waals surface area contributed by atoms with Crippen LogP contribution in [0.2, 0.25) is 0 Å². The Balaban J connectivity index is 1.82. The third-order valence-electron chi connectivity index (χ3n) is 4.80. The summed E-state index contributed by atoms with van der Waals surface area (Å²) in [5.74, 6) is -0.0948. The molecule has 1 aliphatic heterocycles. The summed E-state index contributed by atoms with van der Waals surface area (Å²) in [5, 5.41) is 9.51. The fourth-order valence-electron chi connectivity index (χ4n) is 3.94. The summed E-state index contributed by atoms with van der Waals surface area (Å²) in [6, 6.07) is 2.25. The second kappa shape index (κ2) is 5.52. The van der Waals surface area contributed by atoms with E-state index in [4.69, 9.17) is 0 Å². The number of fused-ring (bicyclic) bond motifs is 1. The summed E-state index contributed by atoms with van der Waals surface area (Å²) >= 11 is 0. The summed E-state index contributed by atoms with van der Waals surface area (Å²) in [5.41, 5.74) is 2.26. The molecule has 2 aliphatic rings. The zero-order valence-electron chi connectivity index (χ0n) is 12.0.